The molecular formula is C25H27FN4O5S. The first-order valence-corrected chi connectivity index (χ1v) is 13.9. The van der Waals surface area contributed by atoms with Crippen LogP contribution in [0.3, 0.4) is 0 Å². The van der Waals surface area contributed by atoms with Crippen LogP contribution in [-0.4, -0.2) is 68.4 Å². The summed E-state index contributed by atoms with van der Waals surface area (Å²) in [5, 5.41) is 14.0. The number of fused-ring (bicyclic) bond motifs is 2. The topological polar surface area (TPSA) is 115 Å². The molecule has 0 amide bonds. The van der Waals surface area contributed by atoms with Crippen LogP contribution in [0.5, 0.6) is 5.75 Å². The first-order valence-electron chi connectivity index (χ1n) is 12.0. The molecule has 3 aromatic rings. The van der Waals surface area contributed by atoms with Gasteiger partial charge in [-0.1, -0.05) is 0 Å². The summed E-state index contributed by atoms with van der Waals surface area (Å²) in [6.07, 6.45) is 1.26. The van der Waals surface area contributed by atoms with Crippen molar-refractivity contribution in [1.29, 1.82) is 0 Å². The minimum absolute atomic E-state index is 0.179. The van der Waals surface area contributed by atoms with Crippen molar-refractivity contribution >= 4 is 37.8 Å². The number of aryl methyl sites for hydroxylation is 1. The van der Waals surface area contributed by atoms with Crippen molar-refractivity contribution in [2.24, 2.45) is 4.36 Å². The van der Waals surface area contributed by atoms with E-state index in [0.717, 1.165) is 23.8 Å². The Morgan fingerprint density at radius 1 is 1.14 bits per heavy atom. The maximum atomic E-state index is 14.2. The number of aliphatic hydroxyl groups is 1. The Bertz CT molecular complexity index is 1430. The van der Waals surface area contributed by atoms with E-state index in [9.17, 15) is 13.7 Å². The number of ether oxygens (including phenoxy) is 3. The van der Waals surface area contributed by atoms with E-state index < -0.39 is 40.0 Å². The number of anilines is 2. The quantitative estimate of drug-likeness (QED) is 0.531. The molecule has 0 aliphatic carbocycles. The van der Waals surface area contributed by atoms with Gasteiger partial charge in [0.2, 0.25) is 0 Å². The van der Waals surface area contributed by atoms with E-state index in [4.69, 9.17) is 14.2 Å². The summed E-state index contributed by atoms with van der Waals surface area (Å²) < 4.78 is 49.1. The summed E-state index contributed by atoms with van der Waals surface area (Å²) in [5.74, 6) is 1.62. The van der Waals surface area contributed by atoms with Gasteiger partial charge in [0.05, 0.1) is 39.8 Å². The maximum Gasteiger partial charge on any atom is 0.151 e. The molecule has 1 unspecified atom stereocenters. The highest BCUT2D eigenvalue weighted by Gasteiger charge is 2.48. The molecule has 2 N–H and O–H groups in total. The summed E-state index contributed by atoms with van der Waals surface area (Å²) >= 11 is 0. The Kier molecular flexibility index (Phi) is 6.03. The number of hydrogen-bond donors (Lipinski definition) is 2. The molecule has 1 aromatic heterocycles. The van der Waals surface area contributed by atoms with Crippen molar-refractivity contribution in [1.82, 2.24) is 9.97 Å². The monoisotopic (exact) mass is 514 g/mol. The lowest BCUT2D eigenvalue weighted by atomic mass is 10.1. The molecule has 9 nitrogen and oxygen atoms in total. The number of rotatable bonds is 5. The Morgan fingerprint density at radius 2 is 1.94 bits per heavy atom. The van der Waals surface area contributed by atoms with Crippen LogP contribution in [0.15, 0.2) is 41.0 Å². The van der Waals surface area contributed by atoms with Crippen LogP contribution in [0.1, 0.15) is 18.4 Å². The van der Waals surface area contributed by atoms with Gasteiger partial charge >= 0.3 is 0 Å². The average Bonchev–Trinajstić information content (AvgIpc) is 3.54. The van der Waals surface area contributed by atoms with Crippen molar-refractivity contribution in [3.05, 3.63) is 48.0 Å². The molecule has 0 saturated carbocycles. The van der Waals surface area contributed by atoms with Crippen LogP contribution in [0.2, 0.25) is 0 Å². The van der Waals surface area contributed by atoms with Crippen molar-refractivity contribution in [3.8, 4) is 5.75 Å². The first kappa shape index (κ1) is 23.5. The highest BCUT2D eigenvalue weighted by atomic mass is 32.2. The molecule has 36 heavy (non-hydrogen) atoms. The molecule has 4 heterocycles. The maximum absolute atomic E-state index is 14.2. The van der Waals surface area contributed by atoms with E-state index in [2.05, 4.69) is 19.6 Å². The lowest BCUT2D eigenvalue weighted by Gasteiger charge is -2.21. The van der Waals surface area contributed by atoms with Gasteiger partial charge in [0.15, 0.2) is 6.10 Å². The van der Waals surface area contributed by atoms with Crippen LogP contribution in [-0.2, 0) is 19.2 Å². The van der Waals surface area contributed by atoms with Crippen LogP contribution >= 0.6 is 0 Å². The minimum atomic E-state index is -2.20. The number of nitrogens with zero attached hydrogens (tertiary/aromatic N) is 3. The van der Waals surface area contributed by atoms with Gasteiger partial charge in [0, 0.05) is 23.0 Å². The number of hydrogen-bond acceptors (Lipinski definition) is 9. The Balaban J connectivity index is 1.32. The van der Waals surface area contributed by atoms with Crippen molar-refractivity contribution in [2.45, 2.75) is 44.2 Å². The Hall–Kier alpha value is -2.86. The molecule has 2 aromatic carbocycles. The summed E-state index contributed by atoms with van der Waals surface area (Å²) in [7, 11) is -2.20. The van der Waals surface area contributed by atoms with E-state index >= 15 is 0 Å². The minimum Gasteiger partial charge on any atom is -0.483 e. The summed E-state index contributed by atoms with van der Waals surface area (Å²) in [5.41, 5.74) is 2.70. The van der Waals surface area contributed by atoms with E-state index in [1.807, 2.05) is 19.1 Å². The normalized spacial score (nSPS) is 26.8. The van der Waals surface area contributed by atoms with Crippen molar-refractivity contribution in [2.75, 3.05) is 30.0 Å². The molecule has 0 radical (unpaired) electrons. The molecule has 6 rings (SSSR count). The second-order valence-corrected chi connectivity index (χ2v) is 12.0. The zero-order valence-corrected chi connectivity index (χ0v) is 20.5. The fraction of sp³-hybridized carbons (Fsp3) is 0.440. The standard InChI is InChI=1S/C25H27FN4O5S/c1-14-8-16(30-36(32)6-2-3-7-36)10-18-22(14)25(28-13-27-18)29-17-5-4-15(26)9-20(17)35-21-12-34-23-19(31)11-33-24(21)23/h4-5,8-10,13,19,21,23-24,31H,2-3,6-7,11-12H2,1H3,(H,27,28,29)/t19-,21-,23-,24?/m1/s1. The molecule has 3 saturated heterocycles. The molecular weight excluding hydrogens is 487 g/mol. The first-order chi connectivity index (χ1) is 17.4. The second kappa shape index (κ2) is 9.22. The fourth-order valence-electron chi connectivity index (χ4n) is 5.09. The van der Waals surface area contributed by atoms with Gasteiger partial charge in [-0.3, -0.25) is 0 Å². The van der Waals surface area contributed by atoms with Gasteiger partial charge in [-0.05, 0) is 49.6 Å². The lowest BCUT2D eigenvalue weighted by Crippen LogP contribution is -2.34. The molecule has 3 aliphatic rings. The largest absolute Gasteiger partial charge is 0.483 e. The van der Waals surface area contributed by atoms with E-state index in [0.29, 0.717) is 34.2 Å². The van der Waals surface area contributed by atoms with E-state index in [1.165, 1.54) is 18.5 Å². The van der Waals surface area contributed by atoms with E-state index in [-0.39, 0.29) is 19.0 Å². The average molecular weight is 515 g/mol. The molecule has 0 spiro atoms. The number of aromatic nitrogens is 2. The van der Waals surface area contributed by atoms with Gasteiger partial charge in [0.25, 0.3) is 0 Å². The zero-order valence-electron chi connectivity index (χ0n) is 19.7. The van der Waals surface area contributed by atoms with Crippen molar-refractivity contribution < 1.29 is 27.9 Å². The number of halogens is 1. The molecule has 11 heteroatoms. The third kappa shape index (κ3) is 4.40. The lowest BCUT2D eigenvalue weighted by molar-refractivity contribution is 0.00871. The van der Waals surface area contributed by atoms with Gasteiger partial charge in [-0.15, -0.1) is 0 Å². The van der Waals surface area contributed by atoms with Gasteiger partial charge in [-0.2, -0.15) is 4.36 Å². The summed E-state index contributed by atoms with van der Waals surface area (Å²) in [4.78, 5) is 8.84. The molecule has 0 bridgehead atoms. The van der Waals surface area contributed by atoms with Crippen LogP contribution in [0, 0.1) is 12.7 Å². The number of benzene rings is 2. The predicted molar refractivity (Wildman–Crippen MR) is 133 cm³/mol. The highest BCUT2D eigenvalue weighted by Crippen LogP contribution is 2.36. The van der Waals surface area contributed by atoms with Gasteiger partial charge in [-0.25, -0.2) is 18.6 Å². The third-order valence-corrected chi connectivity index (χ3v) is 9.22. The molecule has 4 atom stereocenters. The van der Waals surface area contributed by atoms with Gasteiger partial charge in [0.1, 0.15) is 42.0 Å². The van der Waals surface area contributed by atoms with Crippen LogP contribution in [0.4, 0.5) is 21.6 Å². The van der Waals surface area contributed by atoms with Crippen molar-refractivity contribution in [3.63, 3.8) is 0 Å². The molecule has 3 aliphatic heterocycles. The second-order valence-electron chi connectivity index (χ2n) is 9.44. The molecule has 190 valence electrons. The zero-order chi connectivity index (χ0) is 24.9. The SMILES string of the molecule is Cc1cc(N=S2(=O)CCCC2)cc2ncnc(Nc3ccc(F)cc3O[C@@H]3CO[C@H]4C3OC[C@H]4O)c12. The van der Waals surface area contributed by atoms with Crippen LogP contribution in [0.25, 0.3) is 10.9 Å². The predicted octanol–water partition coefficient (Wildman–Crippen LogP) is 3.62. The summed E-state index contributed by atoms with van der Waals surface area (Å²) in [6.45, 7) is 2.34. The third-order valence-electron chi connectivity index (χ3n) is 6.83. The smallest absolute Gasteiger partial charge is 0.151 e. The van der Waals surface area contributed by atoms with E-state index in [1.54, 1.807) is 6.07 Å². The fourth-order valence-corrected chi connectivity index (χ4v) is 7.28. The highest BCUT2D eigenvalue weighted by molar-refractivity contribution is 7.93. The van der Waals surface area contributed by atoms with Gasteiger partial charge < -0.3 is 24.6 Å². The summed E-state index contributed by atoms with van der Waals surface area (Å²) in [6, 6.07) is 7.93. The molecule has 3 fully saturated rings. The number of nitrogens with one attached hydrogen (secondary N) is 1. The Labute approximate surface area is 208 Å². The Morgan fingerprint density at radius 3 is 2.78 bits per heavy atom. The number of aliphatic hydroxyl groups excluding tert-OH is 1. The van der Waals surface area contributed by atoms with Crippen LogP contribution < -0.4 is 10.1 Å².